The lowest BCUT2D eigenvalue weighted by Gasteiger charge is -2.14. The number of fused-ring (bicyclic) bond motifs is 3. The molecule has 1 amide bonds. The number of carbonyl (C=O) groups excluding carboxylic acids is 1. The van der Waals surface area contributed by atoms with Gasteiger partial charge in [-0.15, -0.1) is 0 Å². The lowest BCUT2D eigenvalue weighted by molar-refractivity contribution is -0.137. The molecule has 1 aliphatic heterocycles. The van der Waals surface area contributed by atoms with Crippen molar-refractivity contribution in [3.63, 3.8) is 0 Å². The third-order valence-electron chi connectivity index (χ3n) is 5.70. The van der Waals surface area contributed by atoms with E-state index >= 15 is 0 Å². The molecule has 0 spiro atoms. The number of rotatable bonds is 3. The minimum atomic E-state index is -4.42. The van der Waals surface area contributed by atoms with Gasteiger partial charge < -0.3 is 19.7 Å². The highest BCUT2D eigenvalue weighted by Gasteiger charge is 2.30. The van der Waals surface area contributed by atoms with Crippen molar-refractivity contribution in [1.29, 1.82) is 0 Å². The third kappa shape index (κ3) is 3.32. The average molecular weight is 444 g/mol. The number of carbonyl (C=O) groups is 1. The van der Waals surface area contributed by atoms with Gasteiger partial charge in [0, 0.05) is 23.7 Å². The summed E-state index contributed by atoms with van der Waals surface area (Å²) in [5.41, 5.74) is 2.22. The molecule has 3 heterocycles. The summed E-state index contributed by atoms with van der Waals surface area (Å²) in [7, 11) is 1.81. The fourth-order valence-corrected chi connectivity index (χ4v) is 4.06. The number of aromatic nitrogens is 3. The molecule has 7 nitrogen and oxygen atoms in total. The van der Waals surface area contributed by atoms with Gasteiger partial charge in [-0.3, -0.25) is 9.36 Å². The van der Waals surface area contributed by atoms with E-state index in [1.54, 1.807) is 33.7 Å². The normalized spacial score (nSPS) is 19.2. The lowest BCUT2D eigenvalue weighted by Crippen LogP contribution is -2.42. The number of ether oxygens (including phenoxy) is 1. The van der Waals surface area contributed by atoms with E-state index in [4.69, 9.17) is 4.74 Å². The minimum absolute atomic E-state index is 0.176. The number of aryl methyl sites for hydroxylation is 1. The van der Waals surface area contributed by atoms with Gasteiger partial charge in [0.15, 0.2) is 5.65 Å². The molecule has 0 aliphatic carbocycles. The van der Waals surface area contributed by atoms with Crippen LogP contribution < -0.4 is 5.32 Å². The van der Waals surface area contributed by atoms with Crippen molar-refractivity contribution < 1.29 is 27.8 Å². The van der Waals surface area contributed by atoms with Crippen molar-refractivity contribution in [3.05, 3.63) is 59.9 Å². The highest BCUT2D eigenvalue weighted by Crippen LogP contribution is 2.34. The molecule has 4 aromatic rings. The number of aliphatic hydroxyl groups is 1. The molecule has 166 valence electrons. The number of aliphatic hydroxyl groups excluding tert-OH is 1. The number of amides is 1. The molecular formula is C22H19F3N4O3. The molecule has 1 aliphatic rings. The smallest absolute Gasteiger partial charge is 0.388 e. The maximum atomic E-state index is 13.0. The molecule has 10 heteroatoms. The van der Waals surface area contributed by atoms with E-state index in [1.807, 2.05) is 7.05 Å². The fourth-order valence-electron chi connectivity index (χ4n) is 4.06. The van der Waals surface area contributed by atoms with E-state index < -0.39 is 23.9 Å². The van der Waals surface area contributed by atoms with Gasteiger partial charge in [-0.1, -0.05) is 0 Å². The van der Waals surface area contributed by atoms with Crippen molar-refractivity contribution in [1.82, 2.24) is 19.4 Å². The number of hydrogen-bond acceptors (Lipinski definition) is 4. The van der Waals surface area contributed by atoms with Gasteiger partial charge in [0.05, 0.1) is 48.3 Å². The largest absolute Gasteiger partial charge is 0.416 e. The molecule has 5 rings (SSSR count). The molecular weight excluding hydrogens is 425 g/mol. The molecule has 1 saturated heterocycles. The van der Waals surface area contributed by atoms with Crippen LogP contribution in [0.2, 0.25) is 0 Å². The highest BCUT2D eigenvalue weighted by atomic mass is 19.4. The predicted octanol–water partition coefficient (Wildman–Crippen LogP) is 3.03. The Hall–Kier alpha value is -3.37. The van der Waals surface area contributed by atoms with Crippen LogP contribution in [0.1, 0.15) is 15.9 Å². The summed E-state index contributed by atoms with van der Waals surface area (Å²) < 4.78 is 47.7. The van der Waals surface area contributed by atoms with Gasteiger partial charge in [0.25, 0.3) is 5.91 Å². The molecule has 0 radical (unpaired) electrons. The quantitative estimate of drug-likeness (QED) is 0.509. The molecule has 0 bridgehead atoms. The van der Waals surface area contributed by atoms with Crippen LogP contribution in [-0.2, 0) is 18.0 Å². The molecule has 2 aromatic carbocycles. The molecule has 2 N–H and O–H groups in total. The number of nitrogens with zero attached hydrogens (tertiary/aromatic N) is 3. The Morgan fingerprint density at radius 2 is 1.94 bits per heavy atom. The first kappa shape index (κ1) is 20.5. The fraction of sp³-hybridized carbons (Fsp3) is 0.273. The number of imidazole rings is 1. The maximum Gasteiger partial charge on any atom is 0.416 e. The number of alkyl halides is 3. The van der Waals surface area contributed by atoms with Crippen molar-refractivity contribution in [2.75, 3.05) is 13.2 Å². The Labute approximate surface area is 180 Å². The first-order valence-corrected chi connectivity index (χ1v) is 9.94. The number of benzene rings is 2. The van der Waals surface area contributed by atoms with Crippen molar-refractivity contribution in [2.45, 2.75) is 18.3 Å². The van der Waals surface area contributed by atoms with Crippen LogP contribution in [0.3, 0.4) is 0 Å². The molecule has 2 atom stereocenters. The highest BCUT2D eigenvalue weighted by molar-refractivity contribution is 6.09. The second-order valence-electron chi connectivity index (χ2n) is 7.82. The first-order valence-electron chi connectivity index (χ1n) is 9.94. The first-order chi connectivity index (χ1) is 15.2. The Kier molecular flexibility index (Phi) is 4.72. The summed E-state index contributed by atoms with van der Waals surface area (Å²) in [5.74, 6) is -0.348. The van der Waals surface area contributed by atoms with Crippen LogP contribution in [0, 0.1) is 0 Å². The Morgan fingerprint density at radius 1 is 1.19 bits per heavy atom. The second kappa shape index (κ2) is 7.35. The zero-order valence-corrected chi connectivity index (χ0v) is 16.9. The van der Waals surface area contributed by atoms with Crippen LogP contribution in [0.4, 0.5) is 13.2 Å². The van der Waals surface area contributed by atoms with Crippen molar-refractivity contribution in [2.24, 2.45) is 7.05 Å². The zero-order chi connectivity index (χ0) is 22.6. The zero-order valence-electron chi connectivity index (χ0n) is 16.9. The van der Waals surface area contributed by atoms with Gasteiger partial charge in [-0.05, 0) is 42.5 Å². The average Bonchev–Trinajstić information content (AvgIpc) is 3.42. The minimum Gasteiger partial charge on any atom is -0.388 e. The molecule has 0 saturated carbocycles. The monoisotopic (exact) mass is 444 g/mol. The van der Waals surface area contributed by atoms with Gasteiger partial charge in [0.2, 0.25) is 0 Å². The molecule has 32 heavy (non-hydrogen) atoms. The van der Waals surface area contributed by atoms with E-state index in [1.165, 1.54) is 12.1 Å². The van der Waals surface area contributed by atoms with E-state index in [9.17, 15) is 23.1 Å². The summed E-state index contributed by atoms with van der Waals surface area (Å²) in [6, 6.07) is 9.49. The summed E-state index contributed by atoms with van der Waals surface area (Å²) in [6.07, 6.45) is -3.56. The van der Waals surface area contributed by atoms with Gasteiger partial charge in [0.1, 0.15) is 0 Å². The standard InChI is InChI=1S/C22H19F3N4O3/c1-28-11-26-20-19(28)15-8-12(21(31)27-16-9-32-10-18(16)30)2-7-17(15)29(20)14-5-3-13(4-6-14)22(23,24)25/h2-8,11,16,18,30H,9-10H2,1H3,(H,27,31)/t16-,18-/m0/s1. The van der Waals surface area contributed by atoms with Crippen LogP contribution >= 0.6 is 0 Å². The Morgan fingerprint density at radius 3 is 2.59 bits per heavy atom. The number of halogens is 3. The van der Waals surface area contributed by atoms with Crippen LogP contribution in [-0.4, -0.2) is 50.5 Å². The van der Waals surface area contributed by atoms with Crippen molar-refractivity contribution in [3.8, 4) is 5.69 Å². The summed E-state index contributed by atoms with van der Waals surface area (Å²) >= 11 is 0. The lowest BCUT2D eigenvalue weighted by atomic mass is 10.1. The summed E-state index contributed by atoms with van der Waals surface area (Å²) in [4.78, 5) is 17.2. The molecule has 0 unspecified atom stereocenters. The summed E-state index contributed by atoms with van der Waals surface area (Å²) in [5, 5.41) is 13.4. The summed E-state index contributed by atoms with van der Waals surface area (Å²) in [6.45, 7) is 0.418. The van der Waals surface area contributed by atoms with E-state index in [2.05, 4.69) is 10.3 Å². The molecule has 1 fully saturated rings. The van der Waals surface area contributed by atoms with Crippen LogP contribution in [0.5, 0.6) is 0 Å². The Balaban J connectivity index is 1.59. The molecule has 2 aromatic heterocycles. The van der Waals surface area contributed by atoms with Gasteiger partial charge >= 0.3 is 6.18 Å². The van der Waals surface area contributed by atoms with Crippen molar-refractivity contribution >= 4 is 28.0 Å². The third-order valence-corrected chi connectivity index (χ3v) is 5.70. The van der Waals surface area contributed by atoms with Gasteiger partial charge in [-0.25, -0.2) is 4.98 Å². The van der Waals surface area contributed by atoms with E-state index in [0.717, 1.165) is 23.0 Å². The van der Waals surface area contributed by atoms with E-state index in [0.29, 0.717) is 22.4 Å². The number of nitrogens with one attached hydrogen (secondary N) is 1. The topological polar surface area (TPSA) is 81.3 Å². The van der Waals surface area contributed by atoms with E-state index in [-0.39, 0.29) is 19.1 Å². The Bertz CT molecular complexity index is 1320. The SMILES string of the molecule is Cn1cnc2c1c1cc(C(=O)N[C@H]3COC[C@@H]3O)ccc1n2-c1ccc(C(F)(F)F)cc1. The predicted molar refractivity (Wildman–Crippen MR) is 111 cm³/mol. The van der Waals surface area contributed by atoms with Gasteiger partial charge in [-0.2, -0.15) is 13.2 Å². The second-order valence-corrected chi connectivity index (χ2v) is 7.82. The number of hydrogen-bond donors (Lipinski definition) is 2. The maximum absolute atomic E-state index is 13.0. The van der Waals surface area contributed by atoms with Crippen LogP contribution in [0.15, 0.2) is 48.8 Å². The van der Waals surface area contributed by atoms with Crippen LogP contribution in [0.25, 0.3) is 27.8 Å².